The van der Waals surface area contributed by atoms with E-state index < -0.39 is 0 Å². The Morgan fingerprint density at radius 3 is 3.00 bits per heavy atom. The van der Waals surface area contributed by atoms with Crippen LogP contribution in [0.15, 0.2) is 0 Å². The van der Waals surface area contributed by atoms with Crippen LogP contribution in [0.5, 0.6) is 0 Å². The molecule has 0 N–H and O–H groups in total. The lowest BCUT2D eigenvalue weighted by molar-refractivity contribution is -0.147. The number of hydrogen-bond donors (Lipinski definition) is 0. The maximum atomic E-state index is 11.3. The molecule has 1 aliphatic heterocycles. The molecular weight excluding hydrogens is 236 g/mol. The van der Waals surface area contributed by atoms with E-state index in [-0.39, 0.29) is 11.9 Å². The molecule has 0 aliphatic carbocycles. The minimum atomic E-state index is -0.0871. The van der Waals surface area contributed by atoms with Gasteiger partial charge in [-0.15, -0.1) is 11.8 Å². The van der Waals surface area contributed by atoms with Crippen molar-refractivity contribution in [3.63, 3.8) is 0 Å². The van der Waals surface area contributed by atoms with E-state index in [1.54, 1.807) is 23.5 Å². The average Bonchev–Trinajstić information content (AvgIpc) is 2.59. The quantitative estimate of drug-likeness (QED) is 0.564. The Hall–Kier alpha value is 0.260. The number of esters is 1. The van der Waals surface area contributed by atoms with Gasteiger partial charge in [0.1, 0.15) is 10.1 Å². The number of hydrogen-bond acceptors (Lipinski definition) is 5. The Morgan fingerprint density at radius 2 is 2.50 bits per heavy atom. The van der Waals surface area contributed by atoms with Gasteiger partial charge in [0.15, 0.2) is 0 Å². The van der Waals surface area contributed by atoms with Gasteiger partial charge in [-0.25, -0.2) is 0 Å². The zero-order chi connectivity index (χ0) is 10.6. The van der Waals surface area contributed by atoms with Crippen molar-refractivity contribution in [2.24, 2.45) is 5.92 Å². The number of carbonyl (C=O) groups is 1. The summed E-state index contributed by atoms with van der Waals surface area (Å²) in [5, 5.41) is 0.362. The van der Waals surface area contributed by atoms with Gasteiger partial charge in [-0.2, -0.15) is 0 Å². The van der Waals surface area contributed by atoms with Crippen LogP contribution in [0.1, 0.15) is 20.3 Å². The fourth-order valence-electron chi connectivity index (χ4n) is 0.931. The molecule has 1 fully saturated rings. The van der Waals surface area contributed by atoms with Crippen molar-refractivity contribution in [1.29, 1.82) is 0 Å². The van der Waals surface area contributed by atoms with Gasteiger partial charge in [0.25, 0.3) is 0 Å². The molecule has 0 radical (unpaired) electrons. The van der Waals surface area contributed by atoms with Crippen LogP contribution in [-0.2, 0) is 9.53 Å². The average molecular weight is 250 g/mol. The highest BCUT2D eigenvalue weighted by Gasteiger charge is 2.23. The second-order valence-electron chi connectivity index (χ2n) is 3.24. The van der Waals surface area contributed by atoms with Gasteiger partial charge in [-0.3, -0.25) is 4.79 Å². The lowest BCUT2D eigenvalue weighted by Crippen LogP contribution is -2.20. The molecule has 1 aliphatic rings. The van der Waals surface area contributed by atoms with Gasteiger partial charge >= 0.3 is 5.97 Å². The summed E-state index contributed by atoms with van der Waals surface area (Å²) >= 11 is 8.35. The number of thiocarbonyl (C=S) groups is 1. The second kappa shape index (κ2) is 5.98. The molecule has 1 saturated heterocycles. The lowest BCUT2D eigenvalue weighted by atomic mass is 10.1. The van der Waals surface area contributed by atoms with E-state index in [9.17, 15) is 4.79 Å². The third-order valence-corrected chi connectivity index (χ3v) is 5.20. The minimum absolute atomic E-state index is 0.0148. The first-order valence-electron chi connectivity index (χ1n) is 4.63. The Balaban J connectivity index is 2.20. The Kier molecular flexibility index (Phi) is 5.26. The van der Waals surface area contributed by atoms with Crippen LogP contribution < -0.4 is 0 Å². The van der Waals surface area contributed by atoms with Crippen molar-refractivity contribution in [3.05, 3.63) is 0 Å². The van der Waals surface area contributed by atoms with Crippen LogP contribution in [0.25, 0.3) is 0 Å². The van der Waals surface area contributed by atoms with Gasteiger partial charge in [-0.1, -0.05) is 37.8 Å². The largest absolute Gasteiger partial charge is 0.464 e. The van der Waals surface area contributed by atoms with Crippen molar-refractivity contribution in [1.82, 2.24) is 0 Å². The topological polar surface area (TPSA) is 26.3 Å². The molecule has 0 spiro atoms. The molecule has 1 heterocycles. The molecule has 0 aromatic carbocycles. The highest BCUT2D eigenvalue weighted by Crippen LogP contribution is 2.33. The fraction of sp³-hybridized carbons (Fsp3) is 0.778. The second-order valence-corrected chi connectivity index (χ2v) is 6.76. The van der Waals surface area contributed by atoms with Crippen LogP contribution in [0.2, 0.25) is 0 Å². The van der Waals surface area contributed by atoms with Crippen molar-refractivity contribution >= 4 is 45.2 Å². The highest BCUT2D eigenvalue weighted by atomic mass is 32.2. The van der Waals surface area contributed by atoms with Gasteiger partial charge in [0.05, 0.1) is 11.2 Å². The molecule has 0 saturated carbocycles. The third-order valence-electron chi connectivity index (χ3n) is 2.08. The Labute approximate surface area is 98.5 Å². The lowest BCUT2D eigenvalue weighted by Gasteiger charge is -2.11. The summed E-state index contributed by atoms with van der Waals surface area (Å²) in [6.07, 6.45) is 0.837. The molecule has 80 valence electrons. The monoisotopic (exact) mass is 250 g/mol. The first-order valence-corrected chi connectivity index (χ1v) is 6.91. The van der Waals surface area contributed by atoms with E-state index >= 15 is 0 Å². The molecule has 0 amide bonds. The molecule has 14 heavy (non-hydrogen) atoms. The van der Waals surface area contributed by atoms with E-state index in [2.05, 4.69) is 0 Å². The first-order chi connectivity index (χ1) is 6.63. The summed E-state index contributed by atoms with van der Waals surface area (Å²) in [5.41, 5.74) is 0. The van der Waals surface area contributed by atoms with Crippen LogP contribution in [0.4, 0.5) is 0 Å². The normalized spacial score (nSPS) is 23.6. The molecule has 1 rings (SSSR count). The molecule has 2 nitrogen and oxygen atoms in total. The van der Waals surface area contributed by atoms with Crippen molar-refractivity contribution < 1.29 is 9.53 Å². The Bertz CT molecular complexity index is 230. The SMILES string of the molecule is CCC(C)C(=O)OCC1CSC(=S)S1. The molecule has 2 atom stereocenters. The summed E-state index contributed by atoms with van der Waals surface area (Å²) < 4.78 is 6.16. The molecule has 0 bridgehead atoms. The molecule has 5 heteroatoms. The maximum absolute atomic E-state index is 11.3. The van der Waals surface area contributed by atoms with Crippen LogP contribution >= 0.6 is 35.7 Å². The zero-order valence-corrected chi connectivity index (χ0v) is 10.8. The third kappa shape index (κ3) is 3.79. The van der Waals surface area contributed by atoms with E-state index in [1.165, 1.54) is 0 Å². The smallest absolute Gasteiger partial charge is 0.308 e. The molecule has 2 unspecified atom stereocenters. The number of thioether (sulfide) groups is 2. The van der Waals surface area contributed by atoms with Crippen molar-refractivity contribution in [3.8, 4) is 0 Å². The number of carbonyl (C=O) groups excluding carboxylic acids is 1. The molecule has 0 aromatic rings. The van der Waals surface area contributed by atoms with E-state index in [4.69, 9.17) is 17.0 Å². The van der Waals surface area contributed by atoms with Crippen LogP contribution in [-0.4, -0.2) is 27.1 Å². The molecule has 0 aromatic heterocycles. The summed E-state index contributed by atoms with van der Waals surface area (Å²) in [5.74, 6) is 0.897. The summed E-state index contributed by atoms with van der Waals surface area (Å²) in [6.45, 7) is 4.38. The van der Waals surface area contributed by atoms with Gasteiger partial charge < -0.3 is 4.74 Å². The predicted molar refractivity (Wildman–Crippen MR) is 66.8 cm³/mol. The maximum Gasteiger partial charge on any atom is 0.308 e. The minimum Gasteiger partial charge on any atom is -0.464 e. The van der Waals surface area contributed by atoms with Crippen LogP contribution in [0.3, 0.4) is 0 Å². The zero-order valence-electron chi connectivity index (χ0n) is 8.32. The standard InChI is InChI=1S/C9H14O2S3/c1-3-6(2)8(10)11-4-7-5-13-9(12)14-7/h6-7H,3-5H2,1-2H3. The van der Waals surface area contributed by atoms with Crippen LogP contribution in [0, 0.1) is 5.92 Å². The fourth-order valence-corrected chi connectivity index (χ4v) is 3.73. The number of rotatable bonds is 4. The summed E-state index contributed by atoms with van der Waals surface area (Å²) in [7, 11) is 0. The van der Waals surface area contributed by atoms with E-state index in [1.807, 2.05) is 13.8 Å². The highest BCUT2D eigenvalue weighted by molar-refractivity contribution is 8.49. The summed E-state index contributed by atoms with van der Waals surface area (Å²) in [4.78, 5) is 11.3. The van der Waals surface area contributed by atoms with E-state index in [0.717, 1.165) is 15.7 Å². The Morgan fingerprint density at radius 1 is 1.79 bits per heavy atom. The van der Waals surface area contributed by atoms with E-state index in [0.29, 0.717) is 11.9 Å². The van der Waals surface area contributed by atoms with Gasteiger partial charge in [-0.05, 0) is 6.42 Å². The summed E-state index contributed by atoms with van der Waals surface area (Å²) in [6, 6.07) is 0. The first kappa shape index (κ1) is 12.3. The van der Waals surface area contributed by atoms with Gasteiger partial charge in [0, 0.05) is 5.75 Å². The number of ether oxygens (including phenoxy) is 1. The van der Waals surface area contributed by atoms with Crippen molar-refractivity contribution in [2.75, 3.05) is 12.4 Å². The predicted octanol–water partition coefficient (Wildman–Crippen LogP) is 2.71. The van der Waals surface area contributed by atoms with Gasteiger partial charge in [0.2, 0.25) is 0 Å². The molecular formula is C9H14O2S3. The van der Waals surface area contributed by atoms with Crippen molar-refractivity contribution in [2.45, 2.75) is 25.5 Å².